The maximum atomic E-state index is 12.6. The van der Waals surface area contributed by atoms with Gasteiger partial charge in [0.25, 0.3) is 0 Å². The molecule has 5 nitrogen and oxygen atoms in total. The Hall–Kier alpha value is -2.44. The molecule has 1 aliphatic carbocycles. The van der Waals surface area contributed by atoms with E-state index in [2.05, 4.69) is 34.5 Å². The molecule has 0 radical (unpaired) electrons. The third kappa shape index (κ3) is 4.65. The Morgan fingerprint density at radius 2 is 1.83 bits per heavy atom. The summed E-state index contributed by atoms with van der Waals surface area (Å²) in [5, 5.41) is 5.18. The summed E-state index contributed by atoms with van der Waals surface area (Å²) < 4.78 is 0. The molecule has 0 bridgehead atoms. The number of thioether (sulfide) groups is 1. The van der Waals surface area contributed by atoms with E-state index in [1.54, 1.807) is 0 Å². The number of aromatic nitrogens is 2. The second kappa shape index (κ2) is 8.74. The first-order chi connectivity index (χ1) is 14.7. The lowest BCUT2D eigenvalue weighted by Gasteiger charge is -2.17. The van der Waals surface area contributed by atoms with Crippen molar-refractivity contribution in [3.8, 4) is 0 Å². The van der Waals surface area contributed by atoms with Crippen LogP contribution in [0.1, 0.15) is 36.6 Å². The maximum absolute atomic E-state index is 12.6. The van der Waals surface area contributed by atoms with Gasteiger partial charge in [0.15, 0.2) is 0 Å². The highest BCUT2D eigenvalue weighted by Crippen LogP contribution is 2.39. The van der Waals surface area contributed by atoms with Crippen molar-refractivity contribution < 1.29 is 4.79 Å². The van der Waals surface area contributed by atoms with Crippen LogP contribution in [-0.2, 0) is 11.3 Å². The molecule has 2 aliphatic rings. The molecule has 5 rings (SSSR count). The van der Waals surface area contributed by atoms with E-state index in [9.17, 15) is 4.79 Å². The van der Waals surface area contributed by atoms with Crippen molar-refractivity contribution in [1.29, 1.82) is 0 Å². The number of likely N-dealkylation sites (tertiary alicyclic amines) is 1. The monoisotopic (exact) mass is 418 g/mol. The van der Waals surface area contributed by atoms with Crippen molar-refractivity contribution in [2.45, 2.75) is 42.8 Å². The van der Waals surface area contributed by atoms with Gasteiger partial charge in [0.2, 0.25) is 5.91 Å². The van der Waals surface area contributed by atoms with Gasteiger partial charge in [0.05, 0.1) is 11.3 Å². The van der Waals surface area contributed by atoms with E-state index in [1.807, 2.05) is 30.3 Å². The zero-order valence-corrected chi connectivity index (χ0v) is 17.8. The normalized spacial score (nSPS) is 19.3. The number of hydrogen-bond donors (Lipinski definition) is 1. The Balaban J connectivity index is 1.17. The predicted molar refractivity (Wildman–Crippen MR) is 121 cm³/mol. The molecule has 2 aromatic carbocycles. The number of carbonyl (C=O) groups excluding carboxylic acids is 1. The van der Waals surface area contributed by atoms with Crippen LogP contribution in [0.15, 0.2) is 59.6 Å². The smallest absolute Gasteiger partial charge is 0.230 e. The van der Waals surface area contributed by atoms with E-state index >= 15 is 0 Å². The van der Waals surface area contributed by atoms with Crippen molar-refractivity contribution in [1.82, 2.24) is 20.2 Å². The van der Waals surface area contributed by atoms with Crippen molar-refractivity contribution in [3.05, 3.63) is 66.0 Å². The Morgan fingerprint density at radius 3 is 2.67 bits per heavy atom. The zero-order valence-electron chi connectivity index (χ0n) is 17.0. The van der Waals surface area contributed by atoms with Gasteiger partial charge in [-0.25, -0.2) is 9.97 Å². The molecule has 154 valence electrons. The number of nitrogens with one attached hydrogen (secondary N) is 1. The summed E-state index contributed by atoms with van der Waals surface area (Å²) >= 11 is 1.53. The first-order valence-electron chi connectivity index (χ1n) is 10.7. The highest BCUT2D eigenvalue weighted by molar-refractivity contribution is 8.00. The van der Waals surface area contributed by atoms with Crippen LogP contribution in [0.5, 0.6) is 0 Å². The molecule has 1 saturated heterocycles. The van der Waals surface area contributed by atoms with E-state index < -0.39 is 0 Å². The molecule has 0 spiro atoms. The maximum Gasteiger partial charge on any atom is 0.230 e. The summed E-state index contributed by atoms with van der Waals surface area (Å²) in [6, 6.07) is 18.8. The van der Waals surface area contributed by atoms with Crippen molar-refractivity contribution in [3.63, 3.8) is 0 Å². The van der Waals surface area contributed by atoms with E-state index in [1.165, 1.54) is 30.2 Å². The van der Waals surface area contributed by atoms with Crippen LogP contribution in [0, 0.1) is 0 Å². The fourth-order valence-electron chi connectivity index (χ4n) is 4.04. The van der Waals surface area contributed by atoms with E-state index in [4.69, 9.17) is 9.97 Å². The summed E-state index contributed by atoms with van der Waals surface area (Å²) in [5.41, 5.74) is 2.30. The first kappa shape index (κ1) is 19.5. The second-order valence-corrected chi connectivity index (χ2v) is 9.20. The molecule has 2 heterocycles. The molecule has 3 aromatic rings. The Bertz CT molecular complexity index is 1040. The predicted octanol–water partition coefficient (Wildman–Crippen LogP) is 3.99. The van der Waals surface area contributed by atoms with Gasteiger partial charge >= 0.3 is 0 Å². The Morgan fingerprint density at radius 1 is 1.03 bits per heavy atom. The molecular weight excluding hydrogens is 392 g/mol. The van der Waals surface area contributed by atoms with Crippen LogP contribution in [0.4, 0.5) is 0 Å². The molecule has 6 heteroatoms. The third-order valence-electron chi connectivity index (χ3n) is 5.75. The van der Waals surface area contributed by atoms with E-state index in [0.29, 0.717) is 11.7 Å². The molecule has 2 fully saturated rings. The van der Waals surface area contributed by atoms with Gasteiger partial charge in [-0.05, 0) is 30.9 Å². The minimum Gasteiger partial charge on any atom is -0.351 e. The standard InChI is InChI=1S/C24H26N4OS/c29-22(25-19-12-13-28(15-19)14-17-6-2-1-3-7-17)16-30-24-20-8-4-5-9-21(20)26-23(27-24)18-10-11-18/h1-9,18-19H,10-16H2,(H,25,29). The lowest BCUT2D eigenvalue weighted by atomic mass is 10.2. The van der Waals surface area contributed by atoms with Crippen LogP contribution < -0.4 is 5.32 Å². The molecule has 30 heavy (non-hydrogen) atoms. The molecule has 1 saturated carbocycles. The lowest BCUT2D eigenvalue weighted by molar-refractivity contribution is -0.119. The Kier molecular flexibility index (Phi) is 5.69. The molecule has 1 aliphatic heterocycles. The molecule has 1 atom stereocenters. The molecular formula is C24H26N4OS. The van der Waals surface area contributed by atoms with Crippen LogP contribution in [0.25, 0.3) is 10.9 Å². The SMILES string of the molecule is O=C(CSc1nc(C2CC2)nc2ccccc12)NC1CCN(Cc2ccccc2)C1. The Labute approximate surface area is 181 Å². The summed E-state index contributed by atoms with van der Waals surface area (Å²) in [6.45, 7) is 2.88. The highest BCUT2D eigenvalue weighted by atomic mass is 32.2. The van der Waals surface area contributed by atoms with Crippen LogP contribution in [0.2, 0.25) is 0 Å². The lowest BCUT2D eigenvalue weighted by Crippen LogP contribution is -2.38. The second-order valence-electron chi connectivity index (χ2n) is 8.24. The summed E-state index contributed by atoms with van der Waals surface area (Å²) in [7, 11) is 0. The van der Waals surface area contributed by atoms with Gasteiger partial charge in [-0.15, -0.1) is 0 Å². The van der Waals surface area contributed by atoms with Crippen molar-refractivity contribution >= 4 is 28.6 Å². The number of nitrogens with zero attached hydrogens (tertiary/aromatic N) is 3. The zero-order chi connectivity index (χ0) is 20.3. The van der Waals surface area contributed by atoms with Crippen LogP contribution in [0.3, 0.4) is 0 Å². The van der Waals surface area contributed by atoms with E-state index in [-0.39, 0.29) is 11.9 Å². The van der Waals surface area contributed by atoms with Gasteiger partial charge in [0.1, 0.15) is 10.9 Å². The van der Waals surface area contributed by atoms with Gasteiger partial charge in [-0.3, -0.25) is 9.69 Å². The number of benzene rings is 2. The average Bonchev–Trinajstić information content (AvgIpc) is 3.54. The fourth-order valence-corrected chi connectivity index (χ4v) is 4.88. The fraction of sp³-hybridized carbons (Fsp3) is 0.375. The van der Waals surface area contributed by atoms with Gasteiger partial charge in [-0.2, -0.15) is 0 Å². The summed E-state index contributed by atoms with van der Waals surface area (Å²) in [4.78, 5) is 24.5. The molecule has 1 aromatic heterocycles. The number of rotatable bonds is 7. The largest absolute Gasteiger partial charge is 0.351 e. The summed E-state index contributed by atoms with van der Waals surface area (Å²) in [5.74, 6) is 1.91. The first-order valence-corrected chi connectivity index (χ1v) is 11.7. The number of para-hydroxylation sites is 1. The molecule has 1 N–H and O–H groups in total. The average molecular weight is 419 g/mol. The highest BCUT2D eigenvalue weighted by Gasteiger charge is 2.28. The van der Waals surface area contributed by atoms with Crippen LogP contribution >= 0.6 is 11.8 Å². The number of carbonyl (C=O) groups is 1. The molecule has 1 unspecified atom stereocenters. The topological polar surface area (TPSA) is 58.1 Å². The minimum absolute atomic E-state index is 0.0854. The van der Waals surface area contributed by atoms with Crippen LogP contribution in [-0.4, -0.2) is 45.7 Å². The summed E-state index contributed by atoms with van der Waals surface area (Å²) in [6.07, 6.45) is 3.35. The van der Waals surface area contributed by atoms with Gasteiger partial charge < -0.3 is 5.32 Å². The van der Waals surface area contributed by atoms with E-state index in [0.717, 1.165) is 47.8 Å². The minimum atomic E-state index is 0.0854. The van der Waals surface area contributed by atoms with Gasteiger partial charge in [0, 0.05) is 37.0 Å². The quantitative estimate of drug-likeness (QED) is 0.464. The van der Waals surface area contributed by atoms with Gasteiger partial charge in [-0.1, -0.05) is 60.3 Å². The molecule has 1 amide bonds. The third-order valence-corrected chi connectivity index (χ3v) is 6.75. The van der Waals surface area contributed by atoms with Crippen molar-refractivity contribution in [2.24, 2.45) is 0 Å². The number of fused-ring (bicyclic) bond motifs is 1. The number of amides is 1. The van der Waals surface area contributed by atoms with Crippen molar-refractivity contribution in [2.75, 3.05) is 18.8 Å². The number of hydrogen-bond acceptors (Lipinski definition) is 5.